The Kier molecular flexibility index (Phi) is 4.71. The molecule has 1 saturated heterocycles. The van der Waals surface area contributed by atoms with Crippen LogP contribution in [0.5, 0.6) is 5.75 Å². The number of benzene rings is 1. The maximum absolute atomic E-state index is 12.7. The zero-order valence-corrected chi connectivity index (χ0v) is 15.7. The maximum atomic E-state index is 12.7. The van der Waals surface area contributed by atoms with E-state index in [1.807, 2.05) is 20.8 Å². The molecule has 1 fully saturated rings. The second kappa shape index (κ2) is 6.72. The van der Waals surface area contributed by atoms with E-state index in [1.54, 1.807) is 23.1 Å². The van der Waals surface area contributed by atoms with Crippen LogP contribution in [0.15, 0.2) is 24.3 Å². The van der Waals surface area contributed by atoms with Crippen molar-refractivity contribution in [3.05, 3.63) is 35.4 Å². The van der Waals surface area contributed by atoms with Gasteiger partial charge in [-0.25, -0.2) is 9.59 Å². The second-order valence-electron chi connectivity index (χ2n) is 7.96. The van der Waals surface area contributed by atoms with E-state index in [9.17, 15) is 14.4 Å². The normalized spacial score (nSPS) is 22.0. The molecule has 0 aliphatic carbocycles. The number of hydrogen-bond donors (Lipinski definition) is 1. The Hall–Kier alpha value is -2.83. The molecule has 2 aliphatic heterocycles. The molecule has 0 aromatic heterocycles. The Labute approximate surface area is 157 Å². The molecule has 0 radical (unpaired) electrons. The molecular weight excluding hydrogens is 350 g/mol. The van der Waals surface area contributed by atoms with Gasteiger partial charge in [-0.3, -0.25) is 4.79 Å². The summed E-state index contributed by atoms with van der Waals surface area (Å²) in [4.78, 5) is 37.2. The Balaban J connectivity index is 1.76. The lowest BCUT2D eigenvalue weighted by molar-refractivity contribution is -0.131. The minimum atomic E-state index is -1.05. The van der Waals surface area contributed by atoms with Crippen molar-refractivity contribution in [2.45, 2.75) is 44.8 Å². The van der Waals surface area contributed by atoms with E-state index in [1.165, 1.54) is 6.08 Å². The molecule has 1 aromatic carbocycles. The molecule has 144 valence electrons. The van der Waals surface area contributed by atoms with Gasteiger partial charge in [0.1, 0.15) is 17.0 Å². The molecule has 1 amide bonds. The third kappa shape index (κ3) is 4.30. The fraction of sp³-hybridized carbons (Fsp3) is 0.450. The van der Waals surface area contributed by atoms with Crippen LogP contribution in [0.3, 0.4) is 0 Å². The van der Waals surface area contributed by atoms with Crippen LogP contribution in [0.25, 0.3) is 6.08 Å². The van der Waals surface area contributed by atoms with Crippen molar-refractivity contribution in [2.24, 2.45) is 0 Å². The number of carboxylic acids is 1. The molecule has 3 rings (SSSR count). The number of rotatable bonds is 2. The second-order valence-corrected chi connectivity index (χ2v) is 7.96. The molecule has 1 aromatic rings. The van der Waals surface area contributed by atoms with Gasteiger partial charge < -0.3 is 19.5 Å². The van der Waals surface area contributed by atoms with Crippen molar-refractivity contribution in [3.63, 3.8) is 0 Å². The zero-order valence-electron chi connectivity index (χ0n) is 15.7. The van der Waals surface area contributed by atoms with Crippen molar-refractivity contribution < 1.29 is 29.0 Å². The molecule has 1 N–H and O–H groups in total. The lowest BCUT2D eigenvalue weighted by Gasteiger charge is -2.35. The summed E-state index contributed by atoms with van der Waals surface area (Å²) in [5.41, 5.74) is -0.267. The highest BCUT2D eigenvalue weighted by Gasteiger charge is 2.47. The van der Waals surface area contributed by atoms with Crippen LogP contribution in [-0.4, -0.2) is 52.1 Å². The first-order valence-electron chi connectivity index (χ1n) is 8.82. The Bertz CT molecular complexity index is 822. The van der Waals surface area contributed by atoms with E-state index in [0.717, 1.165) is 6.08 Å². The van der Waals surface area contributed by atoms with E-state index in [4.69, 9.17) is 14.6 Å². The van der Waals surface area contributed by atoms with Gasteiger partial charge in [-0.05, 0) is 44.5 Å². The predicted molar refractivity (Wildman–Crippen MR) is 97.8 cm³/mol. The molecule has 1 atom stereocenters. The smallest absolute Gasteiger partial charge is 0.410 e. The van der Waals surface area contributed by atoms with Crippen LogP contribution < -0.4 is 4.74 Å². The van der Waals surface area contributed by atoms with Crippen molar-refractivity contribution in [1.82, 2.24) is 4.90 Å². The van der Waals surface area contributed by atoms with E-state index in [2.05, 4.69) is 0 Å². The molecule has 2 aliphatic rings. The third-order valence-corrected chi connectivity index (χ3v) is 4.50. The summed E-state index contributed by atoms with van der Waals surface area (Å²) in [6.45, 7) is 6.20. The standard InChI is InChI=1S/C20H23NO6/c1-19(2,3)27-18(25)21-9-8-20(12-21)11-15(22)14-10-13(5-7-17(23)24)4-6-16(14)26-20/h4-7,10H,8-9,11-12H2,1-3H3,(H,23,24). The van der Waals surface area contributed by atoms with Gasteiger partial charge in [-0.1, -0.05) is 6.07 Å². The van der Waals surface area contributed by atoms with Gasteiger partial charge in [-0.2, -0.15) is 0 Å². The number of carboxylic acid groups (broad SMARTS) is 1. The van der Waals surface area contributed by atoms with E-state index in [0.29, 0.717) is 36.4 Å². The number of hydrogen-bond acceptors (Lipinski definition) is 5. The lowest BCUT2D eigenvalue weighted by Crippen LogP contribution is -2.46. The van der Waals surface area contributed by atoms with Gasteiger partial charge in [0.15, 0.2) is 5.78 Å². The van der Waals surface area contributed by atoms with Crippen LogP contribution in [0.2, 0.25) is 0 Å². The van der Waals surface area contributed by atoms with Crippen molar-refractivity contribution in [2.75, 3.05) is 13.1 Å². The predicted octanol–water partition coefficient (Wildman–Crippen LogP) is 3.13. The zero-order chi connectivity index (χ0) is 19.8. The van der Waals surface area contributed by atoms with Gasteiger partial charge >= 0.3 is 12.1 Å². The lowest BCUT2D eigenvalue weighted by atomic mass is 9.88. The molecule has 27 heavy (non-hydrogen) atoms. The fourth-order valence-corrected chi connectivity index (χ4v) is 3.34. The number of carbonyl (C=O) groups is 3. The minimum Gasteiger partial charge on any atom is -0.484 e. The molecule has 2 heterocycles. The topological polar surface area (TPSA) is 93.1 Å². The van der Waals surface area contributed by atoms with Crippen molar-refractivity contribution >= 4 is 23.9 Å². The number of amides is 1. The van der Waals surface area contributed by atoms with E-state index >= 15 is 0 Å². The summed E-state index contributed by atoms with van der Waals surface area (Å²) >= 11 is 0. The number of likely N-dealkylation sites (tertiary alicyclic amines) is 1. The van der Waals surface area contributed by atoms with Crippen LogP contribution in [0.4, 0.5) is 4.79 Å². The highest BCUT2D eigenvalue weighted by Crippen LogP contribution is 2.39. The van der Waals surface area contributed by atoms with Gasteiger partial charge in [0.05, 0.1) is 18.5 Å². The number of nitrogens with zero attached hydrogens (tertiary/aromatic N) is 1. The van der Waals surface area contributed by atoms with Crippen LogP contribution in [-0.2, 0) is 9.53 Å². The first-order valence-corrected chi connectivity index (χ1v) is 8.82. The average Bonchev–Trinajstić information content (AvgIpc) is 2.95. The first kappa shape index (κ1) is 18.9. The minimum absolute atomic E-state index is 0.0761. The highest BCUT2D eigenvalue weighted by atomic mass is 16.6. The average molecular weight is 373 g/mol. The number of Topliss-reactive ketones (excluding diaryl/α,β-unsaturated/α-hetero) is 1. The van der Waals surface area contributed by atoms with Crippen molar-refractivity contribution in [3.8, 4) is 5.75 Å². The SMILES string of the molecule is CC(C)(C)OC(=O)N1CCC2(CC(=O)c3cc(C=CC(=O)O)ccc3O2)C1. The maximum Gasteiger partial charge on any atom is 0.410 e. The highest BCUT2D eigenvalue weighted by molar-refractivity contribution is 6.01. The summed E-state index contributed by atoms with van der Waals surface area (Å²) < 4.78 is 11.5. The summed E-state index contributed by atoms with van der Waals surface area (Å²) in [5.74, 6) is -0.667. The first-order chi connectivity index (χ1) is 12.6. The van der Waals surface area contributed by atoms with Crippen molar-refractivity contribution in [1.29, 1.82) is 0 Å². The summed E-state index contributed by atoms with van der Waals surface area (Å²) in [5, 5.41) is 8.72. The van der Waals surface area contributed by atoms with Crippen LogP contribution in [0.1, 0.15) is 49.5 Å². The summed E-state index contributed by atoms with van der Waals surface area (Å²) in [6, 6.07) is 5.00. The van der Waals surface area contributed by atoms with Gasteiger partial charge in [0, 0.05) is 19.0 Å². The van der Waals surface area contributed by atoms with Gasteiger partial charge in [0.2, 0.25) is 0 Å². The quantitative estimate of drug-likeness (QED) is 0.801. The fourth-order valence-electron chi connectivity index (χ4n) is 3.34. The number of carbonyl (C=O) groups excluding carboxylic acids is 2. The van der Waals surface area contributed by atoms with Gasteiger partial charge in [-0.15, -0.1) is 0 Å². The number of fused-ring (bicyclic) bond motifs is 1. The molecule has 1 spiro atoms. The van der Waals surface area contributed by atoms with Crippen LogP contribution >= 0.6 is 0 Å². The van der Waals surface area contributed by atoms with E-state index < -0.39 is 23.3 Å². The third-order valence-electron chi connectivity index (χ3n) is 4.50. The monoisotopic (exact) mass is 373 g/mol. The Morgan fingerprint density at radius 2 is 2.07 bits per heavy atom. The van der Waals surface area contributed by atoms with Gasteiger partial charge in [0.25, 0.3) is 0 Å². The number of aliphatic carboxylic acids is 1. The summed E-state index contributed by atoms with van der Waals surface area (Å²) in [7, 11) is 0. The molecule has 1 unspecified atom stereocenters. The number of ether oxygens (including phenoxy) is 2. The van der Waals surface area contributed by atoms with E-state index in [-0.39, 0.29) is 12.2 Å². The largest absolute Gasteiger partial charge is 0.484 e. The van der Waals surface area contributed by atoms with Crippen LogP contribution in [0, 0.1) is 0 Å². The molecule has 0 saturated carbocycles. The Morgan fingerprint density at radius 3 is 2.74 bits per heavy atom. The molecule has 7 nitrogen and oxygen atoms in total. The summed E-state index contributed by atoms with van der Waals surface area (Å²) in [6.07, 6.45) is 2.77. The molecular formula is C20H23NO6. The molecule has 0 bridgehead atoms. The number of ketones is 1. The molecule has 7 heteroatoms. The Morgan fingerprint density at radius 1 is 1.33 bits per heavy atom.